The maximum Gasteiger partial charge on any atom is 0.233 e. The summed E-state index contributed by atoms with van der Waals surface area (Å²) >= 11 is 0. The van der Waals surface area contributed by atoms with Crippen molar-refractivity contribution in [2.75, 3.05) is 0 Å². The zero-order valence-electron chi connectivity index (χ0n) is 11.2. The van der Waals surface area contributed by atoms with Gasteiger partial charge in [0.05, 0.1) is 18.4 Å². The molecule has 0 spiro atoms. The Morgan fingerprint density at radius 1 is 1.05 bits per heavy atom. The van der Waals surface area contributed by atoms with E-state index < -0.39 is 0 Å². The largest absolute Gasteiger partial charge is 0.278 e. The molecule has 3 rings (SSSR count). The summed E-state index contributed by atoms with van der Waals surface area (Å²) in [5.41, 5.74) is 1.02. The lowest BCUT2D eigenvalue weighted by atomic mass is 9.76. The van der Waals surface area contributed by atoms with Crippen molar-refractivity contribution < 1.29 is 9.59 Å². The van der Waals surface area contributed by atoms with Crippen LogP contribution in [0.4, 0.5) is 0 Å². The molecule has 1 heterocycles. The lowest BCUT2D eigenvalue weighted by molar-refractivity contribution is -0.140. The van der Waals surface area contributed by atoms with Crippen LogP contribution in [-0.4, -0.2) is 16.7 Å². The summed E-state index contributed by atoms with van der Waals surface area (Å²) in [6, 6.07) is 9.75. The number of nitrogens with zero attached hydrogens (tertiary/aromatic N) is 1. The number of amides is 2. The molecule has 0 aromatic heterocycles. The minimum atomic E-state index is -0.0556. The Morgan fingerprint density at radius 3 is 2.47 bits per heavy atom. The predicted molar refractivity (Wildman–Crippen MR) is 72.0 cm³/mol. The molecule has 2 amide bonds. The third-order valence-electron chi connectivity index (χ3n) is 4.46. The number of rotatable bonds is 2. The molecule has 0 unspecified atom stereocenters. The molecule has 1 saturated heterocycles. The summed E-state index contributed by atoms with van der Waals surface area (Å²) in [4.78, 5) is 26.2. The van der Waals surface area contributed by atoms with Crippen molar-refractivity contribution in [3.63, 3.8) is 0 Å². The van der Waals surface area contributed by atoms with Crippen LogP contribution in [0.2, 0.25) is 0 Å². The van der Waals surface area contributed by atoms with Crippen LogP contribution in [0, 0.1) is 17.8 Å². The summed E-state index contributed by atoms with van der Waals surface area (Å²) in [5.74, 6) is 0.554. The summed E-state index contributed by atoms with van der Waals surface area (Å²) in [7, 11) is 0. The summed E-state index contributed by atoms with van der Waals surface area (Å²) < 4.78 is 0. The van der Waals surface area contributed by atoms with Gasteiger partial charge in [0.25, 0.3) is 0 Å². The molecule has 1 aromatic carbocycles. The fourth-order valence-electron chi connectivity index (χ4n) is 3.38. The smallest absolute Gasteiger partial charge is 0.233 e. The first-order valence-electron chi connectivity index (χ1n) is 7.06. The number of hydrogen-bond acceptors (Lipinski definition) is 2. The Balaban J connectivity index is 1.80. The number of hydrogen-bond donors (Lipinski definition) is 0. The highest BCUT2D eigenvalue weighted by Gasteiger charge is 2.49. The van der Waals surface area contributed by atoms with E-state index in [1.165, 1.54) is 4.90 Å². The average Bonchev–Trinajstić information content (AvgIpc) is 2.65. The van der Waals surface area contributed by atoms with E-state index in [0.717, 1.165) is 24.8 Å². The van der Waals surface area contributed by atoms with E-state index in [4.69, 9.17) is 0 Å². The minimum absolute atomic E-state index is 0.0467. The molecule has 1 aromatic rings. The van der Waals surface area contributed by atoms with E-state index in [1.54, 1.807) is 0 Å². The van der Waals surface area contributed by atoms with Crippen molar-refractivity contribution in [1.29, 1.82) is 0 Å². The van der Waals surface area contributed by atoms with Gasteiger partial charge >= 0.3 is 0 Å². The molecule has 0 radical (unpaired) electrons. The molecule has 19 heavy (non-hydrogen) atoms. The summed E-state index contributed by atoms with van der Waals surface area (Å²) in [6.45, 7) is 2.60. The van der Waals surface area contributed by atoms with Gasteiger partial charge in [-0.25, -0.2) is 0 Å². The van der Waals surface area contributed by atoms with E-state index in [-0.39, 0.29) is 23.7 Å². The van der Waals surface area contributed by atoms with Gasteiger partial charge in [-0.2, -0.15) is 0 Å². The van der Waals surface area contributed by atoms with Crippen LogP contribution in [0.15, 0.2) is 30.3 Å². The second kappa shape index (κ2) is 4.80. The van der Waals surface area contributed by atoms with Gasteiger partial charge in [0.15, 0.2) is 0 Å². The van der Waals surface area contributed by atoms with Gasteiger partial charge in [-0.15, -0.1) is 0 Å². The first kappa shape index (κ1) is 12.4. The van der Waals surface area contributed by atoms with Crippen molar-refractivity contribution >= 4 is 11.8 Å². The van der Waals surface area contributed by atoms with Crippen LogP contribution in [-0.2, 0) is 16.1 Å². The lowest BCUT2D eigenvalue weighted by Gasteiger charge is -2.25. The molecule has 100 valence electrons. The molecule has 2 fully saturated rings. The second-order valence-corrected chi connectivity index (χ2v) is 5.88. The number of imide groups is 1. The van der Waals surface area contributed by atoms with E-state index in [2.05, 4.69) is 6.92 Å². The quantitative estimate of drug-likeness (QED) is 0.764. The number of carbonyl (C=O) groups excluding carboxylic acids is 2. The minimum Gasteiger partial charge on any atom is -0.278 e. The predicted octanol–water partition coefficient (Wildman–Crippen LogP) is 2.61. The molecule has 1 aliphatic heterocycles. The molecule has 1 aliphatic carbocycles. The third-order valence-corrected chi connectivity index (χ3v) is 4.46. The van der Waals surface area contributed by atoms with Crippen LogP contribution < -0.4 is 0 Å². The Morgan fingerprint density at radius 2 is 1.74 bits per heavy atom. The van der Waals surface area contributed by atoms with Crippen molar-refractivity contribution in [1.82, 2.24) is 4.90 Å². The Hall–Kier alpha value is -1.64. The zero-order chi connectivity index (χ0) is 13.4. The lowest BCUT2D eigenvalue weighted by Crippen LogP contribution is -2.30. The third kappa shape index (κ3) is 2.18. The van der Waals surface area contributed by atoms with E-state index in [1.807, 2.05) is 30.3 Å². The summed E-state index contributed by atoms with van der Waals surface area (Å²) in [6.07, 6.45) is 2.82. The maximum atomic E-state index is 12.4. The van der Waals surface area contributed by atoms with Crippen molar-refractivity contribution in [3.05, 3.63) is 35.9 Å². The number of likely N-dealkylation sites (tertiary alicyclic amines) is 1. The molecule has 1 saturated carbocycles. The second-order valence-electron chi connectivity index (χ2n) is 5.88. The van der Waals surface area contributed by atoms with E-state index in [0.29, 0.717) is 12.5 Å². The Bertz CT molecular complexity index is 497. The molecule has 3 nitrogen and oxygen atoms in total. The number of carbonyl (C=O) groups is 2. The molecular formula is C16H19NO2. The van der Waals surface area contributed by atoms with E-state index in [9.17, 15) is 9.59 Å². The highest BCUT2D eigenvalue weighted by molar-refractivity contribution is 6.05. The molecule has 3 heteroatoms. The van der Waals surface area contributed by atoms with Crippen molar-refractivity contribution in [2.24, 2.45) is 17.8 Å². The standard InChI is InChI=1S/C16H19NO2/c1-11-7-8-13-14(9-11)16(19)17(15(13)18)10-12-5-3-2-4-6-12/h2-6,11,13-14H,7-10H2,1H3/t11-,13-,14+/m1/s1. The van der Waals surface area contributed by atoms with Gasteiger partial charge in [-0.1, -0.05) is 37.3 Å². The van der Waals surface area contributed by atoms with Crippen LogP contribution >= 0.6 is 0 Å². The highest BCUT2D eigenvalue weighted by atomic mass is 16.2. The fourth-order valence-corrected chi connectivity index (χ4v) is 3.38. The Kier molecular flexibility index (Phi) is 3.13. The molecule has 3 atom stereocenters. The van der Waals surface area contributed by atoms with Gasteiger partial charge in [0, 0.05) is 0 Å². The fraction of sp³-hybridized carbons (Fsp3) is 0.500. The van der Waals surface area contributed by atoms with Crippen LogP contribution in [0.3, 0.4) is 0 Å². The molecule has 2 aliphatic rings. The van der Waals surface area contributed by atoms with Gasteiger partial charge in [-0.3, -0.25) is 14.5 Å². The van der Waals surface area contributed by atoms with Crippen molar-refractivity contribution in [3.8, 4) is 0 Å². The molecule has 0 bridgehead atoms. The summed E-state index contributed by atoms with van der Waals surface area (Å²) in [5, 5.41) is 0. The monoisotopic (exact) mass is 257 g/mol. The average molecular weight is 257 g/mol. The molecule has 0 N–H and O–H groups in total. The highest BCUT2D eigenvalue weighted by Crippen LogP contribution is 2.40. The number of fused-ring (bicyclic) bond motifs is 1. The Labute approximate surface area is 113 Å². The topological polar surface area (TPSA) is 37.4 Å². The number of benzene rings is 1. The maximum absolute atomic E-state index is 12.4. The zero-order valence-corrected chi connectivity index (χ0v) is 11.2. The van der Waals surface area contributed by atoms with Gasteiger partial charge in [0.2, 0.25) is 11.8 Å². The van der Waals surface area contributed by atoms with Gasteiger partial charge in [0.1, 0.15) is 0 Å². The van der Waals surface area contributed by atoms with Gasteiger partial charge < -0.3 is 0 Å². The van der Waals surface area contributed by atoms with Gasteiger partial charge in [-0.05, 0) is 30.7 Å². The SMILES string of the molecule is C[C@@H]1CC[C@H]2C(=O)N(Cc3ccccc3)C(=O)[C@H]2C1. The van der Waals surface area contributed by atoms with Crippen LogP contribution in [0.1, 0.15) is 31.7 Å². The normalized spacial score (nSPS) is 30.6. The van der Waals surface area contributed by atoms with Crippen LogP contribution in [0.25, 0.3) is 0 Å². The van der Waals surface area contributed by atoms with Crippen LogP contribution in [0.5, 0.6) is 0 Å². The molecular weight excluding hydrogens is 238 g/mol. The first-order valence-corrected chi connectivity index (χ1v) is 7.06. The first-order chi connectivity index (χ1) is 9.16. The van der Waals surface area contributed by atoms with E-state index >= 15 is 0 Å². The van der Waals surface area contributed by atoms with Crippen molar-refractivity contribution in [2.45, 2.75) is 32.7 Å².